The molecule has 1 aliphatic heterocycles. The quantitative estimate of drug-likeness (QED) is 0.559. The summed E-state index contributed by atoms with van der Waals surface area (Å²) in [7, 11) is 2.06. The van der Waals surface area contributed by atoms with Crippen LogP contribution in [0.5, 0.6) is 0 Å². The van der Waals surface area contributed by atoms with Gasteiger partial charge in [0.15, 0.2) is 0 Å². The highest BCUT2D eigenvalue weighted by atomic mass is 16.2. The summed E-state index contributed by atoms with van der Waals surface area (Å²) in [6, 6.07) is 16.5. The van der Waals surface area contributed by atoms with Crippen LogP contribution in [-0.4, -0.2) is 31.9 Å². The zero-order valence-corrected chi connectivity index (χ0v) is 16.6. The van der Waals surface area contributed by atoms with Gasteiger partial charge in [-0.05, 0) is 43.0 Å². The first kappa shape index (κ1) is 16.8. The highest BCUT2D eigenvalue weighted by molar-refractivity contribution is 5.87. The molecule has 146 valence electrons. The Morgan fingerprint density at radius 2 is 1.90 bits per heavy atom. The highest BCUT2D eigenvalue weighted by Crippen LogP contribution is 2.41. The van der Waals surface area contributed by atoms with Crippen LogP contribution < -0.4 is 0 Å². The fraction of sp³-hybridized carbons (Fsp3) is 0.333. The second-order valence-corrected chi connectivity index (χ2v) is 8.39. The molecule has 5 nitrogen and oxygen atoms in total. The fourth-order valence-electron chi connectivity index (χ4n) is 5.05. The zero-order chi connectivity index (χ0) is 19.5. The molecule has 1 amide bonds. The number of para-hydroxylation sites is 3. The van der Waals surface area contributed by atoms with Gasteiger partial charge in [0, 0.05) is 30.4 Å². The standard InChI is InChI=1S/C24H24N4O/c1-27-20-12-5-4-11-19(20)26-23(27)22-21-17(16-9-2-3-10-18(16)25-21)13-14-28(22)24(29)15-7-6-8-15/h2-5,9-12,15,22,25H,6-8,13-14H2,1H3/t22-/m1/s1. The van der Waals surface area contributed by atoms with Crippen LogP contribution in [0.3, 0.4) is 0 Å². The molecule has 1 saturated carbocycles. The van der Waals surface area contributed by atoms with E-state index in [4.69, 9.17) is 4.98 Å². The van der Waals surface area contributed by atoms with E-state index < -0.39 is 0 Å². The molecule has 1 aliphatic carbocycles. The molecule has 1 atom stereocenters. The number of carbonyl (C=O) groups excluding carboxylic acids is 1. The van der Waals surface area contributed by atoms with Gasteiger partial charge in [-0.3, -0.25) is 4.79 Å². The van der Waals surface area contributed by atoms with Gasteiger partial charge in [0.1, 0.15) is 11.9 Å². The lowest BCUT2D eigenvalue weighted by molar-refractivity contribution is -0.140. The van der Waals surface area contributed by atoms with E-state index in [0.29, 0.717) is 0 Å². The number of aromatic nitrogens is 3. The molecule has 4 aromatic rings. The van der Waals surface area contributed by atoms with Crippen LogP contribution in [0.1, 0.15) is 42.4 Å². The van der Waals surface area contributed by atoms with Gasteiger partial charge in [0.05, 0.1) is 16.7 Å². The van der Waals surface area contributed by atoms with E-state index in [9.17, 15) is 4.79 Å². The van der Waals surface area contributed by atoms with Gasteiger partial charge < -0.3 is 14.5 Å². The number of carbonyl (C=O) groups is 1. The number of fused-ring (bicyclic) bond motifs is 4. The molecule has 1 fully saturated rings. The number of amides is 1. The van der Waals surface area contributed by atoms with Gasteiger partial charge in [0.2, 0.25) is 5.91 Å². The molecule has 0 bridgehead atoms. The average Bonchev–Trinajstić information content (AvgIpc) is 3.24. The van der Waals surface area contributed by atoms with Gasteiger partial charge in [-0.2, -0.15) is 0 Å². The Hall–Kier alpha value is -3.08. The van der Waals surface area contributed by atoms with Crippen LogP contribution in [0.4, 0.5) is 0 Å². The lowest BCUT2D eigenvalue weighted by Gasteiger charge is -2.39. The van der Waals surface area contributed by atoms with Crippen molar-refractivity contribution in [3.8, 4) is 0 Å². The van der Waals surface area contributed by atoms with Crippen molar-refractivity contribution in [1.82, 2.24) is 19.4 Å². The number of H-pyrrole nitrogens is 1. The van der Waals surface area contributed by atoms with Gasteiger partial charge >= 0.3 is 0 Å². The maximum atomic E-state index is 13.4. The second-order valence-electron chi connectivity index (χ2n) is 8.39. The third-order valence-electron chi connectivity index (χ3n) is 6.84. The monoisotopic (exact) mass is 384 g/mol. The highest BCUT2D eigenvalue weighted by Gasteiger charge is 2.40. The molecule has 5 heteroatoms. The first-order valence-corrected chi connectivity index (χ1v) is 10.5. The molecule has 3 heterocycles. The lowest BCUT2D eigenvalue weighted by atomic mass is 9.83. The van der Waals surface area contributed by atoms with Crippen molar-refractivity contribution in [2.24, 2.45) is 13.0 Å². The number of benzene rings is 2. The minimum Gasteiger partial charge on any atom is -0.356 e. The Balaban J connectivity index is 1.57. The van der Waals surface area contributed by atoms with Crippen LogP contribution >= 0.6 is 0 Å². The minimum absolute atomic E-state index is 0.170. The summed E-state index contributed by atoms with van der Waals surface area (Å²) in [5.74, 6) is 1.40. The van der Waals surface area contributed by atoms with Crippen molar-refractivity contribution < 1.29 is 4.79 Å². The van der Waals surface area contributed by atoms with E-state index in [1.807, 2.05) is 18.2 Å². The summed E-state index contributed by atoms with van der Waals surface area (Å²) in [5, 5.41) is 1.27. The largest absolute Gasteiger partial charge is 0.356 e. The maximum absolute atomic E-state index is 13.4. The fourth-order valence-corrected chi connectivity index (χ4v) is 5.05. The Labute approximate surface area is 169 Å². The molecular formula is C24H24N4O. The normalized spacial score (nSPS) is 19.5. The van der Waals surface area contributed by atoms with E-state index in [1.54, 1.807) is 0 Å². The molecule has 2 aliphatic rings. The Kier molecular flexibility index (Phi) is 3.60. The number of nitrogens with one attached hydrogen (secondary N) is 1. The summed E-state index contributed by atoms with van der Waals surface area (Å²) in [6.07, 6.45) is 4.09. The smallest absolute Gasteiger partial charge is 0.226 e. The van der Waals surface area contributed by atoms with Gasteiger partial charge in [-0.15, -0.1) is 0 Å². The molecule has 0 radical (unpaired) electrons. The van der Waals surface area contributed by atoms with Crippen molar-refractivity contribution in [3.05, 3.63) is 65.6 Å². The molecule has 0 unspecified atom stereocenters. The number of nitrogens with zero attached hydrogens (tertiary/aromatic N) is 3. The summed E-state index contributed by atoms with van der Waals surface area (Å²) < 4.78 is 2.15. The Bertz CT molecular complexity index is 1250. The Morgan fingerprint density at radius 3 is 2.69 bits per heavy atom. The van der Waals surface area contributed by atoms with Crippen molar-refractivity contribution in [2.45, 2.75) is 31.7 Å². The number of aromatic amines is 1. The van der Waals surface area contributed by atoms with Crippen molar-refractivity contribution in [2.75, 3.05) is 6.54 Å². The van der Waals surface area contributed by atoms with Crippen LogP contribution in [0, 0.1) is 5.92 Å². The van der Waals surface area contributed by atoms with E-state index in [0.717, 1.165) is 53.9 Å². The zero-order valence-electron chi connectivity index (χ0n) is 16.6. The van der Waals surface area contributed by atoms with E-state index in [2.05, 4.69) is 51.8 Å². The molecule has 2 aromatic heterocycles. The summed E-state index contributed by atoms with van der Waals surface area (Å²) in [6.45, 7) is 0.748. The van der Waals surface area contributed by atoms with Crippen molar-refractivity contribution in [3.63, 3.8) is 0 Å². The predicted molar refractivity (Wildman–Crippen MR) is 114 cm³/mol. The van der Waals surface area contributed by atoms with Crippen LogP contribution in [0.2, 0.25) is 0 Å². The predicted octanol–water partition coefficient (Wildman–Crippen LogP) is 4.33. The van der Waals surface area contributed by atoms with Gasteiger partial charge in [0.25, 0.3) is 0 Å². The third-order valence-corrected chi connectivity index (χ3v) is 6.84. The molecule has 1 N–H and O–H groups in total. The average molecular weight is 384 g/mol. The SMILES string of the molecule is Cn1c([C@H]2c3[nH]c4ccccc4c3CCN2C(=O)C2CCC2)nc2ccccc21. The topological polar surface area (TPSA) is 53.9 Å². The molecule has 0 spiro atoms. The number of aryl methyl sites for hydroxylation is 1. The van der Waals surface area contributed by atoms with E-state index in [1.165, 1.54) is 17.4 Å². The summed E-state index contributed by atoms with van der Waals surface area (Å²) >= 11 is 0. The number of rotatable bonds is 2. The summed E-state index contributed by atoms with van der Waals surface area (Å²) in [4.78, 5) is 24.1. The molecule has 29 heavy (non-hydrogen) atoms. The van der Waals surface area contributed by atoms with Crippen LogP contribution in [0.25, 0.3) is 21.9 Å². The maximum Gasteiger partial charge on any atom is 0.226 e. The molecule has 2 aromatic carbocycles. The van der Waals surface area contributed by atoms with E-state index in [-0.39, 0.29) is 17.9 Å². The second kappa shape index (κ2) is 6.21. The first-order chi connectivity index (χ1) is 14.2. The Morgan fingerprint density at radius 1 is 1.10 bits per heavy atom. The first-order valence-electron chi connectivity index (χ1n) is 10.5. The van der Waals surface area contributed by atoms with Crippen molar-refractivity contribution in [1.29, 1.82) is 0 Å². The van der Waals surface area contributed by atoms with E-state index >= 15 is 0 Å². The summed E-state index contributed by atoms with van der Waals surface area (Å²) in [5.41, 5.74) is 5.67. The number of imidazole rings is 1. The van der Waals surface area contributed by atoms with Gasteiger partial charge in [-0.25, -0.2) is 4.98 Å². The van der Waals surface area contributed by atoms with Gasteiger partial charge in [-0.1, -0.05) is 36.8 Å². The number of hydrogen-bond donors (Lipinski definition) is 1. The van der Waals surface area contributed by atoms with Crippen LogP contribution in [-0.2, 0) is 18.3 Å². The molecule has 6 rings (SSSR count). The third kappa shape index (κ3) is 2.40. The lowest BCUT2D eigenvalue weighted by Crippen LogP contribution is -2.45. The van der Waals surface area contributed by atoms with Crippen LogP contribution in [0.15, 0.2) is 48.5 Å². The van der Waals surface area contributed by atoms with Crippen molar-refractivity contribution >= 4 is 27.8 Å². The minimum atomic E-state index is -0.170. The molecule has 0 saturated heterocycles. The molecular weight excluding hydrogens is 360 g/mol. The number of hydrogen-bond acceptors (Lipinski definition) is 2.